The van der Waals surface area contributed by atoms with E-state index in [4.69, 9.17) is 9.52 Å². The molecule has 0 radical (unpaired) electrons. The lowest BCUT2D eigenvalue weighted by Crippen LogP contribution is -2.29. The van der Waals surface area contributed by atoms with E-state index in [1.807, 2.05) is 6.92 Å². The van der Waals surface area contributed by atoms with Crippen molar-refractivity contribution in [1.29, 1.82) is 0 Å². The number of carbonyl (C=O) groups is 1. The van der Waals surface area contributed by atoms with Gasteiger partial charge >= 0.3 is 0 Å². The maximum Gasteiger partial charge on any atom is 0.253 e. The number of furan rings is 1. The Hall–Kier alpha value is -2.67. The topological polar surface area (TPSA) is 104 Å². The van der Waals surface area contributed by atoms with Crippen LogP contribution in [0.15, 0.2) is 35.1 Å². The number of hydrogen-bond acceptors (Lipinski definition) is 5. The first-order valence-electron chi connectivity index (χ1n) is 6.95. The molecule has 0 aliphatic carbocycles. The third-order valence-electron chi connectivity index (χ3n) is 3.47. The largest absolute Gasteiger partial charge is 0.467 e. The number of aromatic nitrogens is 3. The maximum absolute atomic E-state index is 12.4. The number of H-pyrrole nitrogens is 1. The van der Waals surface area contributed by atoms with E-state index in [1.54, 1.807) is 18.2 Å². The molecule has 1 atom stereocenters. The number of carbonyl (C=O) groups excluding carboxylic acids is 1. The Kier molecular flexibility index (Phi) is 3.88. The number of pyridine rings is 1. The molecular weight excluding hydrogens is 284 g/mol. The highest BCUT2D eigenvalue weighted by Gasteiger charge is 2.18. The van der Waals surface area contributed by atoms with Crippen LogP contribution in [0.3, 0.4) is 0 Å². The molecule has 0 aliphatic rings. The second-order valence-electron chi connectivity index (χ2n) is 5.00. The summed E-state index contributed by atoms with van der Waals surface area (Å²) < 4.78 is 5.31. The Bertz CT molecular complexity index is 779. The Morgan fingerprint density at radius 3 is 3.14 bits per heavy atom. The van der Waals surface area contributed by atoms with Crippen molar-refractivity contribution >= 4 is 16.9 Å². The lowest BCUT2D eigenvalue weighted by molar-refractivity contribution is 0.0923. The average Bonchev–Trinajstić information content (AvgIpc) is 3.17. The summed E-state index contributed by atoms with van der Waals surface area (Å²) in [6.07, 6.45) is 3.39. The van der Waals surface area contributed by atoms with Crippen LogP contribution in [0.5, 0.6) is 0 Å². The molecule has 22 heavy (non-hydrogen) atoms. The lowest BCUT2D eigenvalue weighted by atomic mass is 10.1. The molecule has 3 aromatic heterocycles. The van der Waals surface area contributed by atoms with Crippen molar-refractivity contribution in [3.8, 4) is 0 Å². The molecule has 7 nitrogen and oxygen atoms in total. The van der Waals surface area contributed by atoms with E-state index in [1.165, 1.54) is 12.5 Å². The van der Waals surface area contributed by atoms with Crippen molar-refractivity contribution in [2.75, 3.05) is 6.61 Å². The molecule has 0 spiro atoms. The first-order valence-corrected chi connectivity index (χ1v) is 6.95. The predicted octanol–water partition coefficient (Wildman–Crippen LogP) is 1.71. The zero-order valence-electron chi connectivity index (χ0n) is 12.0. The standard InChI is InChI=1S/C15H16N4O3/c1-9-11-7-10(8-16-14(11)19-18-9)15(21)17-12(4-5-20)13-3-2-6-22-13/h2-3,6-8,12,20H,4-5H2,1H3,(H,17,21)(H,16,18,19). The summed E-state index contributed by atoms with van der Waals surface area (Å²) in [7, 11) is 0. The zero-order valence-corrected chi connectivity index (χ0v) is 12.0. The Labute approximate surface area is 126 Å². The molecule has 1 unspecified atom stereocenters. The van der Waals surface area contributed by atoms with E-state index >= 15 is 0 Å². The molecule has 0 fully saturated rings. The highest BCUT2D eigenvalue weighted by atomic mass is 16.3. The predicted molar refractivity (Wildman–Crippen MR) is 79.2 cm³/mol. The first-order chi connectivity index (χ1) is 10.7. The highest BCUT2D eigenvalue weighted by molar-refractivity contribution is 5.97. The monoisotopic (exact) mass is 300 g/mol. The highest BCUT2D eigenvalue weighted by Crippen LogP contribution is 2.19. The number of rotatable bonds is 5. The molecule has 3 aromatic rings. The number of aliphatic hydroxyl groups is 1. The van der Waals surface area contributed by atoms with Crippen LogP contribution in [-0.4, -0.2) is 32.8 Å². The van der Waals surface area contributed by atoms with Gasteiger partial charge in [0.1, 0.15) is 5.76 Å². The maximum atomic E-state index is 12.4. The van der Waals surface area contributed by atoms with Crippen molar-refractivity contribution < 1.29 is 14.3 Å². The fourth-order valence-electron chi connectivity index (χ4n) is 2.29. The number of amides is 1. The zero-order chi connectivity index (χ0) is 15.5. The van der Waals surface area contributed by atoms with Crippen LogP contribution < -0.4 is 5.32 Å². The second-order valence-corrected chi connectivity index (χ2v) is 5.00. The summed E-state index contributed by atoms with van der Waals surface area (Å²) in [5, 5.41) is 19.7. The van der Waals surface area contributed by atoms with Crippen LogP contribution >= 0.6 is 0 Å². The van der Waals surface area contributed by atoms with E-state index in [2.05, 4.69) is 20.5 Å². The van der Waals surface area contributed by atoms with Crippen molar-refractivity contribution in [3.05, 3.63) is 47.7 Å². The summed E-state index contributed by atoms with van der Waals surface area (Å²) in [4.78, 5) is 16.6. The molecule has 7 heteroatoms. The molecule has 114 valence electrons. The number of fused-ring (bicyclic) bond motifs is 1. The summed E-state index contributed by atoms with van der Waals surface area (Å²) in [5.74, 6) is 0.334. The van der Waals surface area contributed by atoms with Crippen LogP contribution in [-0.2, 0) is 0 Å². The third kappa shape index (κ3) is 2.71. The Morgan fingerprint density at radius 2 is 2.41 bits per heavy atom. The normalized spacial score (nSPS) is 12.5. The second kappa shape index (κ2) is 5.98. The summed E-state index contributed by atoms with van der Waals surface area (Å²) in [5.41, 5.74) is 1.87. The van der Waals surface area contributed by atoms with Gasteiger partial charge in [-0.15, -0.1) is 0 Å². The fourth-order valence-corrected chi connectivity index (χ4v) is 2.29. The van der Waals surface area contributed by atoms with Crippen molar-refractivity contribution in [2.45, 2.75) is 19.4 Å². The van der Waals surface area contributed by atoms with Crippen molar-refractivity contribution in [2.24, 2.45) is 0 Å². The molecular formula is C15H16N4O3. The van der Waals surface area contributed by atoms with Crippen molar-refractivity contribution in [3.63, 3.8) is 0 Å². The fraction of sp³-hybridized carbons (Fsp3) is 0.267. The number of aliphatic hydroxyl groups excluding tert-OH is 1. The van der Waals surface area contributed by atoms with Gasteiger partial charge in [-0.25, -0.2) is 4.98 Å². The molecule has 0 saturated carbocycles. The van der Waals surface area contributed by atoms with Gasteiger partial charge in [-0.2, -0.15) is 5.10 Å². The first kappa shape index (κ1) is 14.3. The average molecular weight is 300 g/mol. The van der Waals surface area contributed by atoms with Crippen LogP contribution in [0.1, 0.15) is 34.3 Å². The molecule has 3 rings (SSSR count). The number of aryl methyl sites for hydroxylation is 1. The molecule has 0 saturated heterocycles. The summed E-state index contributed by atoms with van der Waals surface area (Å²) in [6.45, 7) is 1.82. The quantitative estimate of drug-likeness (QED) is 0.665. The van der Waals surface area contributed by atoms with Gasteiger partial charge < -0.3 is 14.8 Å². The van der Waals surface area contributed by atoms with Crippen LogP contribution in [0.25, 0.3) is 11.0 Å². The van der Waals surface area contributed by atoms with Gasteiger partial charge in [0.25, 0.3) is 5.91 Å². The molecule has 0 bridgehead atoms. The minimum absolute atomic E-state index is 0.0518. The van der Waals surface area contributed by atoms with E-state index in [-0.39, 0.29) is 18.6 Å². The van der Waals surface area contributed by atoms with E-state index in [0.29, 0.717) is 23.4 Å². The molecule has 3 N–H and O–H groups in total. The Balaban J connectivity index is 1.83. The van der Waals surface area contributed by atoms with E-state index < -0.39 is 0 Å². The summed E-state index contributed by atoms with van der Waals surface area (Å²) in [6, 6.07) is 4.87. The van der Waals surface area contributed by atoms with Crippen LogP contribution in [0.2, 0.25) is 0 Å². The van der Waals surface area contributed by atoms with Crippen LogP contribution in [0, 0.1) is 6.92 Å². The van der Waals surface area contributed by atoms with Gasteiger partial charge in [-0.05, 0) is 31.5 Å². The van der Waals surface area contributed by atoms with E-state index in [0.717, 1.165) is 11.1 Å². The summed E-state index contributed by atoms with van der Waals surface area (Å²) >= 11 is 0. The molecule has 3 heterocycles. The SMILES string of the molecule is Cc1[nH]nc2ncc(C(=O)NC(CCO)c3ccco3)cc12. The van der Waals surface area contributed by atoms with Gasteiger partial charge in [0.05, 0.1) is 17.9 Å². The van der Waals surface area contributed by atoms with Crippen LogP contribution in [0.4, 0.5) is 0 Å². The minimum Gasteiger partial charge on any atom is -0.467 e. The van der Waals surface area contributed by atoms with Crippen molar-refractivity contribution in [1.82, 2.24) is 20.5 Å². The number of nitrogens with zero attached hydrogens (tertiary/aromatic N) is 2. The van der Waals surface area contributed by atoms with Gasteiger partial charge in [0.2, 0.25) is 0 Å². The van der Waals surface area contributed by atoms with Gasteiger partial charge in [-0.3, -0.25) is 9.89 Å². The van der Waals surface area contributed by atoms with Gasteiger partial charge in [-0.1, -0.05) is 0 Å². The smallest absolute Gasteiger partial charge is 0.253 e. The molecule has 0 aromatic carbocycles. The third-order valence-corrected chi connectivity index (χ3v) is 3.47. The molecule has 0 aliphatic heterocycles. The minimum atomic E-state index is -0.381. The number of nitrogens with one attached hydrogen (secondary N) is 2. The number of hydrogen-bond donors (Lipinski definition) is 3. The Morgan fingerprint density at radius 1 is 1.55 bits per heavy atom. The molecule has 1 amide bonds. The van der Waals surface area contributed by atoms with Gasteiger partial charge in [0, 0.05) is 23.9 Å². The van der Waals surface area contributed by atoms with E-state index in [9.17, 15) is 4.79 Å². The number of aromatic amines is 1. The van der Waals surface area contributed by atoms with Gasteiger partial charge in [0.15, 0.2) is 5.65 Å². The lowest BCUT2D eigenvalue weighted by Gasteiger charge is -2.15.